The highest BCUT2D eigenvalue weighted by Gasteiger charge is 2.42. The minimum Gasteiger partial charge on any atom is -0.481 e. The molecule has 76 valence electrons. The van der Waals surface area contributed by atoms with Gasteiger partial charge in [-0.05, 0) is 19.4 Å². The van der Waals surface area contributed by atoms with E-state index in [0.717, 1.165) is 19.5 Å². The Balaban J connectivity index is 2.58. The van der Waals surface area contributed by atoms with Crippen LogP contribution in [0.1, 0.15) is 19.8 Å². The van der Waals surface area contributed by atoms with Crippen molar-refractivity contribution in [3.8, 4) is 0 Å². The Morgan fingerprint density at radius 1 is 1.69 bits per heavy atom. The van der Waals surface area contributed by atoms with Gasteiger partial charge in [0.25, 0.3) is 0 Å². The highest BCUT2D eigenvalue weighted by molar-refractivity contribution is 5.75. The molecule has 0 saturated carbocycles. The topological polar surface area (TPSA) is 66.6 Å². The lowest BCUT2D eigenvalue weighted by molar-refractivity contribution is -0.148. The van der Waals surface area contributed by atoms with Gasteiger partial charge in [-0.25, -0.2) is 0 Å². The first-order valence-electron chi connectivity index (χ1n) is 4.80. The number of carboxylic acid groups (broad SMARTS) is 1. The van der Waals surface area contributed by atoms with Crippen LogP contribution in [0.25, 0.3) is 0 Å². The summed E-state index contributed by atoms with van der Waals surface area (Å²) in [5.74, 6) is -0.658. The summed E-state index contributed by atoms with van der Waals surface area (Å²) in [6.45, 7) is 4.90. The fourth-order valence-electron chi connectivity index (χ4n) is 1.95. The van der Waals surface area contributed by atoms with Crippen LogP contribution >= 0.6 is 0 Å². The number of likely N-dealkylation sites (tertiary alicyclic amines) is 1. The number of nitrogens with two attached hydrogens (primary N) is 1. The minimum atomic E-state index is -0.658. The second-order valence-electron chi connectivity index (χ2n) is 3.75. The van der Waals surface area contributed by atoms with Gasteiger partial charge in [-0.15, -0.1) is 0 Å². The smallest absolute Gasteiger partial charge is 0.310 e. The molecule has 1 rings (SSSR count). The summed E-state index contributed by atoms with van der Waals surface area (Å²) in [4.78, 5) is 13.2. The van der Waals surface area contributed by atoms with Gasteiger partial charge in [0, 0.05) is 19.6 Å². The van der Waals surface area contributed by atoms with Crippen LogP contribution in [0.4, 0.5) is 0 Å². The van der Waals surface area contributed by atoms with Crippen molar-refractivity contribution in [3.63, 3.8) is 0 Å². The zero-order valence-electron chi connectivity index (χ0n) is 8.12. The summed E-state index contributed by atoms with van der Waals surface area (Å²) in [5.41, 5.74) is 4.92. The number of hydrogen-bond acceptors (Lipinski definition) is 3. The Hall–Kier alpha value is -0.610. The Bertz CT molecular complexity index is 196. The Kier molecular flexibility index (Phi) is 3.27. The third-order valence-corrected chi connectivity index (χ3v) is 3.01. The van der Waals surface area contributed by atoms with Gasteiger partial charge in [-0.2, -0.15) is 0 Å². The molecule has 0 aromatic heterocycles. The monoisotopic (exact) mass is 186 g/mol. The zero-order chi connectivity index (χ0) is 9.90. The number of carboxylic acids is 1. The van der Waals surface area contributed by atoms with Crippen molar-refractivity contribution in [2.45, 2.75) is 19.8 Å². The second kappa shape index (κ2) is 4.07. The first-order chi connectivity index (χ1) is 6.14. The molecule has 1 heterocycles. The van der Waals surface area contributed by atoms with Gasteiger partial charge in [0.05, 0.1) is 5.41 Å². The van der Waals surface area contributed by atoms with E-state index in [-0.39, 0.29) is 0 Å². The van der Waals surface area contributed by atoms with Crippen LogP contribution < -0.4 is 5.73 Å². The van der Waals surface area contributed by atoms with Crippen molar-refractivity contribution >= 4 is 5.97 Å². The number of carbonyl (C=O) groups is 1. The van der Waals surface area contributed by atoms with Crippen LogP contribution in [0.15, 0.2) is 0 Å². The molecule has 0 amide bonds. The molecule has 4 nitrogen and oxygen atoms in total. The van der Waals surface area contributed by atoms with E-state index in [2.05, 4.69) is 4.90 Å². The van der Waals surface area contributed by atoms with E-state index in [0.29, 0.717) is 19.5 Å². The molecule has 0 aliphatic carbocycles. The molecule has 13 heavy (non-hydrogen) atoms. The van der Waals surface area contributed by atoms with Crippen molar-refractivity contribution in [3.05, 3.63) is 0 Å². The third-order valence-electron chi connectivity index (χ3n) is 3.01. The molecule has 1 saturated heterocycles. The van der Waals surface area contributed by atoms with Gasteiger partial charge in [0.2, 0.25) is 0 Å². The van der Waals surface area contributed by atoms with Crippen LogP contribution in [-0.4, -0.2) is 42.2 Å². The van der Waals surface area contributed by atoms with Crippen molar-refractivity contribution in [2.75, 3.05) is 26.2 Å². The predicted octanol–water partition coefficient (Wildman–Crippen LogP) is 0.132. The molecule has 1 aliphatic rings. The molecule has 0 radical (unpaired) electrons. The van der Waals surface area contributed by atoms with E-state index in [1.165, 1.54) is 0 Å². The fraction of sp³-hybridized carbons (Fsp3) is 0.889. The average molecular weight is 186 g/mol. The van der Waals surface area contributed by atoms with Crippen LogP contribution in [0, 0.1) is 5.41 Å². The van der Waals surface area contributed by atoms with E-state index in [1.54, 1.807) is 0 Å². The van der Waals surface area contributed by atoms with Crippen LogP contribution in [0.3, 0.4) is 0 Å². The van der Waals surface area contributed by atoms with Gasteiger partial charge < -0.3 is 15.7 Å². The second-order valence-corrected chi connectivity index (χ2v) is 3.75. The molecule has 0 spiro atoms. The fourth-order valence-corrected chi connectivity index (χ4v) is 1.95. The molecule has 4 heteroatoms. The average Bonchev–Trinajstić information content (AvgIpc) is 2.50. The van der Waals surface area contributed by atoms with Gasteiger partial charge in [0.15, 0.2) is 0 Å². The van der Waals surface area contributed by atoms with Gasteiger partial charge in [-0.3, -0.25) is 4.79 Å². The molecule has 1 atom stereocenters. The lowest BCUT2D eigenvalue weighted by Crippen LogP contribution is -2.35. The number of hydrogen-bond donors (Lipinski definition) is 2. The summed E-state index contributed by atoms with van der Waals surface area (Å²) in [6, 6.07) is 0. The van der Waals surface area contributed by atoms with Crippen LogP contribution in [-0.2, 0) is 4.79 Å². The highest BCUT2D eigenvalue weighted by Crippen LogP contribution is 2.33. The first-order valence-corrected chi connectivity index (χ1v) is 4.80. The molecule has 0 bridgehead atoms. The minimum absolute atomic E-state index is 0.505. The zero-order valence-corrected chi connectivity index (χ0v) is 8.12. The van der Waals surface area contributed by atoms with E-state index in [4.69, 9.17) is 10.8 Å². The van der Waals surface area contributed by atoms with Crippen molar-refractivity contribution < 1.29 is 9.90 Å². The maximum atomic E-state index is 11.0. The first kappa shape index (κ1) is 10.5. The molecular formula is C9H18N2O2. The third kappa shape index (κ3) is 2.00. The van der Waals surface area contributed by atoms with Crippen molar-refractivity contribution in [2.24, 2.45) is 11.1 Å². The Morgan fingerprint density at radius 2 is 2.38 bits per heavy atom. The summed E-state index contributed by atoms with van der Waals surface area (Å²) in [5, 5.41) is 9.09. The molecule has 0 aromatic carbocycles. The number of nitrogens with zero attached hydrogens (tertiary/aromatic N) is 1. The van der Waals surface area contributed by atoms with E-state index in [1.807, 2.05) is 6.92 Å². The number of rotatable bonds is 4. The maximum Gasteiger partial charge on any atom is 0.310 e. The van der Waals surface area contributed by atoms with Crippen LogP contribution in [0.2, 0.25) is 0 Å². The molecule has 1 aliphatic heterocycles. The van der Waals surface area contributed by atoms with Gasteiger partial charge in [0.1, 0.15) is 0 Å². The Labute approximate surface area is 78.7 Å². The highest BCUT2D eigenvalue weighted by atomic mass is 16.4. The van der Waals surface area contributed by atoms with Gasteiger partial charge >= 0.3 is 5.97 Å². The normalized spacial score (nSPS) is 29.4. The summed E-state index contributed by atoms with van der Waals surface area (Å²) >= 11 is 0. The number of aliphatic carboxylic acids is 1. The Morgan fingerprint density at radius 3 is 2.77 bits per heavy atom. The lowest BCUT2D eigenvalue weighted by atomic mass is 9.84. The van der Waals surface area contributed by atoms with E-state index >= 15 is 0 Å². The SMILES string of the molecule is CCC1(C(=O)O)CCN(CCN)C1. The predicted molar refractivity (Wildman–Crippen MR) is 50.5 cm³/mol. The summed E-state index contributed by atoms with van der Waals surface area (Å²) in [6.07, 6.45) is 1.47. The lowest BCUT2D eigenvalue weighted by Gasteiger charge is -2.22. The molecule has 0 aromatic rings. The maximum absolute atomic E-state index is 11.0. The largest absolute Gasteiger partial charge is 0.481 e. The molecule has 3 N–H and O–H groups in total. The summed E-state index contributed by atoms with van der Waals surface area (Å²) < 4.78 is 0. The van der Waals surface area contributed by atoms with Crippen molar-refractivity contribution in [1.29, 1.82) is 0 Å². The standard InChI is InChI=1S/C9H18N2O2/c1-2-9(8(12)13)3-5-11(7-9)6-4-10/h2-7,10H2,1H3,(H,12,13). The quantitative estimate of drug-likeness (QED) is 0.655. The van der Waals surface area contributed by atoms with E-state index in [9.17, 15) is 4.79 Å². The summed E-state index contributed by atoms with van der Waals surface area (Å²) in [7, 11) is 0. The molecule has 1 unspecified atom stereocenters. The van der Waals surface area contributed by atoms with E-state index < -0.39 is 11.4 Å². The molecule has 1 fully saturated rings. The molecular weight excluding hydrogens is 168 g/mol. The van der Waals surface area contributed by atoms with Crippen molar-refractivity contribution in [1.82, 2.24) is 4.90 Å². The van der Waals surface area contributed by atoms with Crippen LogP contribution in [0.5, 0.6) is 0 Å². The van der Waals surface area contributed by atoms with Gasteiger partial charge in [-0.1, -0.05) is 6.92 Å².